The molecule has 1 rings (SSSR count). The zero-order valence-electron chi connectivity index (χ0n) is 10.2. The number of isocyanates is 1. The molecule has 0 spiro atoms. The molecule has 0 aliphatic carbocycles. The van der Waals surface area contributed by atoms with Crippen LogP contribution in [0.15, 0.2) is 29.3 Å². The summed E-state index contributed by atoms with van der Waals surface area (Å²) in [4.78, 5) is 15.3. The van der Waals surface area contributed by atoms with Crippen LogP contribution in [0.25, 0.3) is 0 Å². The van der Waals surface area contributed by atoms with Crippen molar-refractivity contribution >= 4 is 11.8 Å². The Bertz CT molecular complexity index is 324. The maximum absolute atomic E-state index is 9.77. The van der Waals surface area contributed by atoms with Crippen LogP contribution in [0.5, 0.6) is 0 Å². The monoisotopic (exact) mass is 219 g/mol. The average molecular weight is 219 g/mol. The van der Waals surface area contributed by atoms with Gasteiger partial charge in [0.1, 0.15) is 0 Å². The highest BCUT2D eigenvalue weighted by Gasteiger charge is 1.85. The lowest BCUT2D eigenvalue weighted by atomic mass is 10.2. The predicted octanol–water partition coefficient (Wildman–Crippen LogP) is 2.73. The highest BCUT2D eigenvalue weighted by molar-refractivity contribution is 5.48. The zero-order valence-corrected chi connectivity index (χ0v) is 10.2. The predicted molar refractivity (Wildman–Crippen MR) is 67.5 cm³/mol. The first-order valence-electron chi connectivity index (χ1n) is 5.18. The Kier molecular flexibility index (Phi) is 8.04. The minimum absolute atomic E-state index is 0.653. The van der Waals surface area contributed by atoms with E-state index in [4.69, 9.17) is 0 Å². The lowest BCUT2D eigenvalue weighted by Crippen LogP contribution is -2.11. The number of aliphatic imine (C=N–C) groups is 1. The summed E-state index contributed by atoms with van der Waals surface area (Å²) in [6.45, 7) is 6.76. The first-order chi connectivity index (χ1) is 7.60. The number of aryl methyl sites for hydroxylation is 1. The van der Waals surface area contributed by atoms with E-state index in [2.05, 4.69) is 16.8 Å². The molecule has 0 amide bonds. The van der Waals surface area contributed by atoms with E-state index >= 15 is 0 Å². The van der Waals surface area contributed by atoms with Gasteiger partial charge in [0.15, 0.2) is 0 Å². The van der Waals surface area contributed by atoms with E-state index in [-0.39, 0.29) is 0 Å². The van der Waals surface area contributed by atoms with E-state index in [0.717, 1.165) is 18.5 Å². The fourth-order valence-electron chi connectivity index (χ4n) is 0.988. The number of rotatable bonds is 3. The van der Waals surface area contributed by atoms with Gasteiger partial charge in [-0.1, -0.05) is 24.6 Å². The SMILES string of the molecule is Cc1ccc(N=C=O)cc1.[CH2]CCN(C)C. The van der Waals surface area contributed by atoms with E-state index in [1.165, 1.54) is 6.08 Å². The van der Waals surface area contributed by atoms with Crippen LogP contribution in [0, 0.1) is 13.8 Å². The molecule has 1 aromatic carbocycles. The van der Waals surface area contributed by atoms with Gasteiger partial charge in [-0.15, -0.1) is 0 Å². The van der Waals surface area contributed by atoms with Gasteiger partial charge in [-0.2, -0.15) is 4.99 Å². The van der Waals surface area contributed by atoms with E-state index < -0.39 is 0 Å². The third-order valence-corrected chi connectivity index (χ3v) is 1.81. The van der Waals surface area contributed by atoms with Crippen LogP contribution in [-0.4, -0.2) is 31.6 Å². The van der Waals surface area contributed by atoms with E-state index in [0.29, 0.717) is 5.69 Å². The number of hydrogen-bond donors (Lipinski definition) is 0. The van der Waals surface area contributed by atoms with Gasteiger partial charge in [0.25, 0.3) is 0 Å². The van der Waals surface area contributed by atoms with Gasteiger partial charge in [-0.3, -0.25) is 0 Å². The van der Waals surface area contributed by atoms with Crippen molar-refractivity contribution in [2.45, 2.75) is 13.3 Å². The third kappa shape index (κ3) is 7.92. The van der Waals surface area contributed by atoms with Crippen LogP contribution < -0.4 is 0 Å². The summed E-state index contributed by atoms with van der Waals surface area (Å²) >= 11 is 0. The zero-order chi connectivity index (χ0) is 12.4. The van der Waals surface area contributed by atoms with Gasteiger partial charge in [-0.25, -0.2) is 4.79 Å². The second-order valence-electron chi connectivity index (χ2n) is 3.70. The standard InChI is InChI=1S/C8H7NO.C5H12N/c1-7-2-4-8(5-3-7)9-6-10;1-4-5-6(2)3/h2-5H,1H3;1,4-5H2,2-3H3. The summed E-state index contributed by atoms with van der Waals surface area (Å²) in [5.74, 6) is 0. The van der Waals surface area contributed by atoms with Crippen LogP contribution >= 0.6 is 0 Å². The number of hydrogen-bond acceptors (Lipinski definition) is 3. The fourth-order valence-corrected chi connectivity index (χ4v) is 0.988. The minimum Gasteiger partial charge on any atom is -0.309 e. The fraction of sp³-hybridized carbons (Fsp3) is 0.385. The van der Waals surface area contributed by atoms with Crippen LogP contribution in [0.4, 0.5) is 5.69 Å². The molecule has 0 aliphatic rings. The van der Waals surface area contributed by atoms with E-state index in [1.54, 1.807) is 12.1 Å². The van der Waals surface area contributed by atoms with Crippen molar-refractivity contribution in [3.05, 3.63) is 36.8 Å². The topological polar surface area (TPSA) is 32.7 Å². The molecular formula is C13H19N2O. The molecule has 0 saturated carbocycles. The van der Waals surface area contributed by atoms with Crippen molar-refractivity contribution in [2.24, 2.45) is 4.99 Å². The molecule has 1 aromatic rings. The molecule has 0 N–H and O–H groups in total. The van der Waals surface area contributed by atoms with Crippen LogP contribution in [-0.2, 0) is 4.79 Å². The largest absolute Gasteiger partial charge is 0.309 e. The first-order valence-corrected chi connectivity index (χ1v) is 5.18. The Morgan fingerprint density at radius 1 is 1.31 bits per heavy atom. The summed E-state index contributed by atoms with van der Waals surface area (Å²) in [6.07, 6.45) is 2.49. The van der Waals surface area contributed by atoms with Crippen molar-refractivity contribution in [3.63, 3.8) is 0 Å². The van der Waals surface area contributed by atoms with Crippen molar-refractivity contribution < 1.29 is 4.79 Å². The molecule has 0 saturated heterocycles. The molecule has 0 unspecified atom stereocenters. The lowest BCUT2D eigenvalue weighted by Gasteiger charge is -2.03. The number of carbonyl (C=O) groups excluding carboxylic acids is 1. The maximum Gasteiger partial charge on any atom is 0.240 e. The highest BCUT2D eigenvalue weighted by atomic mass is 16.1. The van der Waals surface area contributed by atoms with Crippen LogP contribution in [0.1, 0.15) is 12.0 Å². The highest BCUT2D eigenvalue weighted by Crippen LogP contribution is 2.10. The van der Waals surface area contributed by atoms with Gasteiger partial charge in [-0.05, 0) is 46.1 Å². The van der Waals surface area contributed by atoms with E-state index in [9.17, 15) is 4.79 Å². The van der Waals surface area contributed by atoms with Crippen LogP contribution in [0.2, 0.25) is 0 Å². The summed E-state index contributed by atoms with van der Waals surface area (Å²) in [5, 5.41) is 0. The quantitative estimate of drug-likeness (QED) is 0.578. The molecule has 0 heterocycles. The molecule has 0 bridgehead atoms. The summed E-state index contributed by atoms with van der Waals surface area (Å²) in [6, 6.07) is 7.35. The van der Waals surface area contributed by atoms with Gasteiger partial charge in [0, 0.05) is 0 Å². The van der Waals surface area contributed by atoms with Gasteiger partial charge >= 0.3 is 0 Å². The molecule has 0 fully saturated rings. The van der Waals surface area contributed by atoms with Gasteiger partial charge in [0.05, 0.1) is 5.69 Å². The second-order valence-corrected chi connectivity index (χ2v) is 3.70. The van der Waals surface area contributed by atoms with Crippen LogP contribution in [0.3, 0.4) is 0 Å². The molecule has 3 heteroatoms. The maximum atomic E-state index is 9.77. The Balaban J connectivity index is 0.000000325. The van der Waals surface area contributed by atoms with E-state index in [1.807, 2.05) is 33.2 Å². The minimum atomic E-state index is 0.653. The lowest BCUT2D eigenvalue weighted by molar-refractivity contribution is 0.416. The molecule has 3 nitrogen and oxygen atoms in total. The third-order valence-electron chi connectivity index (χ3n) is 1.81. The molecule has 16 heavy (non-hydrogen) atoms. The number of nitrogens with zero attached hydrogens (tertiary/aromatic N) is 2. The molecule has 0 aliphatic heterocycles. The van der Waals surface area contributed by atoms with Crippen molar-refractivity contribution in [1.82, 2.24) is 4.90 Å². The Morgan fingerprint density at radius 3 is 2.19 bits per heavy atom. The van der Waals surface area contributed by atoms with Gasteiger partial charge < -0.3 is 4.90 Å². The molecule has 0 atom stereocenters. The summed E-state index contributed by atoms with van der Waals surface area (Å²) in [5.41, 5.74) is 1.81. The smallest absolute Gasteiger partial charge is 0.240 e. The Labute approximate surface area is 97.8 Å². The first kappa shape index (κ1) is 14.6. The van der Waals surface area contributed by atoms with Gasteiger partial charge in [0.2, 0.25) is 6.08 Å². The summed E-state index contributed by atoms with van der Waals surface area (Å²) in [7, 11) is 4.09. The molecule has 87 valence electrons. The Hall–Kier alpha value is -1.44. The van der Waals surface area contributed by atoms with Crippen molar-refractivity contribution in [2.75, 3.05) is 20.6 Å². The average Bonchev–Trinajstić information content (AvgIpc) is 2.22. The normalized spacial score (nSPS) is 9.06. The second kappa shape index (κ2) is 8.84. The number of benzene rings is 1. The molecule has 0 aromatic heterocycles. The molecular weight excluding hydrogens is 200 g/mol. The van der Waals surface area contributed by atoms with Crippen molar-refractivity contribution in [1.29, 1.82) is 0 Å². The Morgan fingerprint density at radius 2 is 1.88 bits per heavy atom. The van der Waals surface area contributed by atoms with Crippen molar-refractivity contribution in [3.8, 4) is 0 Å². The molecule has 1 radical (unpaired) electrons. The summed E-state index contributed by atoms with van der Waals surface area (Å²) < 4.78 is 0.